The van der Waals surface area contributed by atoms with Crippen LogP contribution in [0.5, 0.6) is 0 Å². The van der Waals surface area contributed by atoms with E-state index in [0.29, 0.717) is 0 Å². The van der Waals surface area contributed by atoms with E-state index in [1.165, 1.54) is 7.05 Å². The Hall–Kier alpha value is -2.77. The number of likely N-dealkylation sites (N-methyl/N-ethyl adjacent to an activating group) is 1. The molecule has 1 rings (SSSR count). The first-order chi connectivity index (χ1) is 12.4. The van der Waals surface area contributed by atoms with Gasteiger partial charge in [-0.25, -0.2) is 9.59 Å². The third kappa shape index (κ3) is 7.98. The summed E-state index contributed by atoms with van der Waals surface area (Å²) in [5.41, 5.74) is -1.02. The summed E-state index contributed by atoms with van der Waals surface area (Å²) in [5, 5.41) is 7.59. The molecule has 1 aromatic carbocycles. The van der Waals surface area contributed by atoms with Gasteiger partial charge < -0.3 is 25.4 Å². The highest BCUT2D eigenvalue weighted by Gasteiger charge is 2.38. The molecular weight excluding hydrogens is 350 g/mol. The van der Waals surface area contributed by atoms with Crippen LogP contribution in [0.3, 0.4) is 0 Å². The summed E-state index contributed by atoms with van der Waals surface area (Å²) in [7, 11) is 1.44. The fourth-order valence-corrected chi connectivity index (χ4v) is 2.24. The van der Waals surface area contributed by atoms with Crippen molar-refractivity contribution in [1.82, 2.24) is 16.0 Å². The molecule has 0 radical (unpaired) electrons. The van der Waals surface area contributed by atoms with Gasteiger partial charge in [0.05, 0.1) is 5.54 Å². The number of benzene rings is 1. The van der Waals surface area contributed by atoms with Gasteiger partial charge in [-0.3, -0.25) is 4.79 Å². The van der Waals surface area contributed by atoms with Gasteiger partial charge >= 0.3 is 12.2 Å². The van der Waals surface area contributed by atoms with Crippen LogP contribution in [0.25, 0.3) is 0 Å². The lowest BCUT2D eigenvalue weighted by Gasteiger charge is -2.34. The monoisotopic (exact) mass is 379 g/mol. The zero-order chi connectivity index (χ0) is 20.7. The zero-order valence-corrected chi connectivity index (χ0v) is 16.7. The average Bonchev–Trinajstić information content (AvgIpc) is 2.56. The van der Waals surface area contributed by atoms with Gasteiger partial charge in [-0.2, -0.15) is 0 Å². The van der Waals surface area contributed by atoms with E-state index in [-0.39, 0.29) is 6.61 Å². The van der Waals surface area contributed by atoms with Crippen molar-refractivity contribution in [1.29, 1.82) is 0 Å². The molecule has 0 spiro atoms. The molecule has 0 heterocycles. The quantitative estimate of drug-likeness (QED) is 0.703. The Balaban J connectivity index is 2.75. The van der Waals surface area contributed by atoms with Gasteiger partial charge in [-0.1, -0.05) is 30.3 Å². The van der Waals surface area contributed by atoms with Gasteiger partial charge in [0, 0.05) is 7.05 Å². The first-order valence-electron chi connectivity index (χ1n) is 8.64. The summed E-state index contributed by atoms with van der Waals surface area (Å²) in [6.45, 7) is 8.44. The minimum Gasteiger partial charge on any atom is -0.445 e. The van der Waals surface area contributed by atoms with Crippen LogP contribution >= 0.6 is 0 Å². The van der Waals surface area contributed by atoms with E-state index in [9.17, 15) is 14.4 Å². The molecule has 8 heteroatoms. The highest BCUT2D eigenvalue weighted by molar-refractivity contribution is 5.87. The van der Waals surface area contributed by atoms with Crippen molar-refractivity contribution in [2.24, 2.45) is 0 Å². The maximum Gasteiger partial charge on any atom is 0.408 e. The fourth-order valence-electron chi connectivity index (χ4n) is 2.24. The van der Waals surface area contributed by atoms with Crippen LogP contribution in [-0.2, 0) is 20.9 Å². The summed E-state index contributed by atoms with van der Waals surface area (Å²) in [6.07, 6.45) is -1.47. The SMILES string of the molecule is CNC(=O)C(NC(=O)OC(C)(C)C)C(C)(C)NC(=O)OCc1ccccc1. The first-order valence-corrected chi connectivity index (χ1v) is 8.64. The molecule has 1 unspecified atom stereocenters. The maximum atomic E-state index is 12.2. The Morgan fingerprint density at radius 3 is 2.11 bits per heavy atom. The molecule has 0 saturated carbocycles. The minimum absolute atomic E-state index is 0.0902. The van der Waals surface area contributed by atoms with Crippen LogP contribution in [0.2, 0.25) is 0 Å². The highest BCUT2D eigenvalue weighted by Crippen LogP contribution is 2.13. The van der Waals surface area contributed by atoms with E-state index in [1.807, 2.05) is 30.3 Å². The number of nitrogens with one attached hydrogen (secondary N) is 3. The molecule has 0 aliphatic rings. The van der Waals surface area contributed by atoms with Gasteiger partial charge in [0.1, 0.15) is 18.2 Å². The molecule has 27 heavy (non-hydrogen) atoms. The van der Waals surface area contributed by atoms with Gasteiger partial charge in [0.15, 0.2) is 0 Å². The Morgan fingerprint density at radius 1 is 1.00 bits per heavy atom. The largest absolute Gasteiger partial charge is 0.445 e. The van der Waals surface area contributed by atoms with Crippen LogP contribution in [0.1, 0.15) is 40.2 Å². The van der Waals surface area contributed by atoms with Crippen molar-refractivity contribution in [2.45, 2.75) is 58.4 Å². The molecule has 0 bridgehead atoms. The smallest absolute Gasteiger partial charge is 0.408 e. The van der Waals surface area contributed by atoms with Crippen LogP contribution in [0.4, 0.5) is 9.59 Å². The minimum atomic E-state index is -1.13. The number of amides is 3. The number of hydrogen-bond donors (Lipinski definition) is 3. The number of hydrogen-bond acceptors (Lipinski definition) is 5. The van der Waals surface area contributed by atoms with Crippen molar-refractivity contribution in [3.8, 4) is 0 Å². The van der Waals surface area contributed by atoms with Crippen molar-refractivity contribution in [2.75, 3.05) is 7.05 Å². The van der Waals surface area contributed by atoms with E-state index in [0.717, 1.165) is 5.56 Å². The Labute approximate surface area is 160 Å². The van der Waals surface area contributed by atoms with Gasteiger partial charge in [-0.05, 0) is 40.2 Å². The second-order valence-corrected chi connectivity index (χ2v) is 7.60. The summed E-state index contributed by atoms with van der Waals surface area (Å²) in [5.74, 6) is -0.478. The molecule has 1 aromatic rings. The number of rotatable bonds is 6. The predicted octanol–water partition coefficient (Wildman–Crippen LogP) is 2.33. The van der Waals surface area contributed by atoms with E-state index < -0.39 is 35.3 Å². The summed E-state index contributed by atoms with van der Waals surface area (Å²) in [6, 6.07) is 8.13. The van der Waals surface area contributed by atoms with Crippen molar-refractivity contribution >= 4 is 18.1 Å². The van der Waals surface area contributed by atoms with Crippen LogP contribution in [-0.4, -0.2) is 42.3 Å². The highest BCUT2D eigenvalue weighted by atomic mass is 16.6. The van der Waals surface area contributed by atoms with E-state index in [2.05, 4.69) is 16.0 Å². The Kier molecular flexibility index (Phi) is 7.63. The fraction of sp³-hybridized carbons (Fsp3) is 0.526. The van der Waals surface area contributed by atoms with Gasteiger partial charge in [0.2, 0.25) is 5.91 Å². The molecule has 1 atom stereocenters. The van der Waals surface area contributed by atoms with Gasteiger partial charge in [-0.15, -0.1) is 0 Å². The predicted molar refractivity (Wildman–Crippen MR) is 101 cm³/mol. The number of carbonyl (C=O) groups is 3. The van der Waals surface area contributed by atoms with Crippen LogP contribution < -0.4 is 16.0 Å². The number of ether oxygens (including phenoxy) is 2. The molecule has 0 aromatic heterocycles. The molecule has 0 saturated heterocycles. The molecule has 8 nitrogen and oxygen atoms in total. The maximum absolute atomic E-state index is 12.2. The molecular formula is C19H29N3O5. The molecule has 0 fully saturated rings. The lowest BCUT2D eigenvalue weighted by atomic mass is 9.94. The average molecular weight is 379 g/mol. The number of carbonyl (C=O) groups excluding carboxylic acids is 3. The molecule has 0 aliphatic carbocycles. The second kappa shape index (κ2) is 9.25. The zero-order valence-electron chi connectivity index (χ0n) is 16.7. The summed E-state index contributed by atoms with van der Waals surface area (Å²) < 4.78 is 10.4. The molecule has 150 valence electrons. The third-order valence-corrected chi connectivity index (χ3v) is 3.53. The summed E-state index contributed by atoms with van der Waals surface area (Å²) >= 11 is 0. The normalized spacial score (nSPS) is 12.5. The third-order valence-electron chi connectivity index (χ3n) is 3.53. The van der Waals surface area contributed by atoms with Crippen molar-refractivity contribution in [3.63, 3.8) is 0 Å². The van der Waals surface area contributed by atoms with Crippen molar-refractivity contribution in [3.05, 3.63) is 35.9 Å². The number of alkyl carbamates (subject to hydrolysis) is 2. The summed E-state index contributed by atoms with van der Waals surface area (Å²) in [4.78, 5) is 36.5. The standard InChI is InChI=1S/C19H29N3O5/c1-18(2,3)27-16(24)21-14(15(23)20-6)19(4,5)22-17(25)26-12-13-10-8-7-9-11-13/h7-11,14H,12H2,1-6H3,(H,20,23)(H,21,24)(H,22,25). The first kappa shape index (κ1) is 22.3. The van der Waals surface area contributed by atoms with E-state index >= 15 is 0 Å². The Bertz CT molecular complexity index is 653. The van der Waals surface area contributed by atoms with Crippen LogP contribution in [0, 0.1) is 0 Å². The topological polar surface area (TPSA) is 106 Å². The lowest BCUT2D eigenvalue weighted by Crippen LogP contribution is -2.64. The van der Waals surface area contributed by atoms with Crippen LogP contribution in [0.15, 0.2) is 30.3 Å². The second-order valence-electron chi connectivity index (χ2n) is 7.60. The van der Waals surface area contributed by atoms with Crippen molar-refractivity contribution < 1.29 is 23.9 Å². The van der Waals surface area contributed by atoms with E-state index in [1.54, 1.807) is 34.6 Å². The molecule has 0 aliphatic heterocycles. The molecule has 3 N–H and O–H groups in total. The van der Waals surface area contributed by atoms with E-state index in [4.69, 9.17) is 9.47 Å². The lowest BCUT2D eigenvalue weighted by molar-refractivity contribution is -0.124. The Morgan fingerprint density at radius 2 is 1.59 bits per heavy atom. The molecule has 3 amide bonds. The van der Waals surface area contributed by atoms with Gasteiger partial charge in [0.25, 0.3) is 0 Å².